The van der Waals surface area contributed by atoms with Gasteiger partial charge in [-0.25, -0.2) is 0 Å². The van der Waals surface area contributed by atoms with Crippen LogP contribution in [0.5, 0.6) is 5.75 Å². The molecule has 0 aliphatic rings. The summed E-state index contributed by atoms with van der Waals surface area (Å²) < 4.78 is 5.28. The number of hydrogen-bond acceptors (Lipinski definition) is 1. The summed E-state index contributed by atoms with van der Waals surface area (Å²) in [6.45, 7) is 0. The van der Waals surface area contributed by atoms with E-state index >= 15 is 0 Å². The summed E-state index contributed by atoms with van der Waals surface area (Å²) in [5.74, 6) is 0.915. The lowest BCUT2D eigenvalue weighted by Gasteiger charge is -2.08. The van der Waals surface area contributed by atoms with Crippen LogP contribution in [0.25, 0.3) is 10.8 Å². The van der Waals surface area contributed by atoms with Gasteiger partial charge in [0.15, 0.2) is 0 Å². The summed E-state index contributed by atoms with van der Waals surface area (Å²) in [7, 11) is 1.71. The van der Waals surface area contributed by atoms with Gasteiger partial charge in [0.25, 0.3) is 0 Å². The predicted octanol–water partition coefficient (Wildman–Crippen LogP) is 4.44. The van der Waals surface area contributed by atoms with Gasteiger partial charge in [-0.3, -0.25) is 0 Å². The van der Waals surface area contributed by atoms with Crippen molar-refractivity contribution >= 4 is 10.8 Å². The Hall–Kier alpha value is -2.28. The van der Waals surface area contributed by atoms with E-state index in [2.05, 4.69) is 54.6 Å². The van der Waals surface area contributed by atoms with Crippen molar-refractivity contribution in [3.63, 3.8) is 0 Å². The molecule has 0 bridgehead atoms. The predicted molar refractivity (Wildman–Crippen MR) is 79.7 cm³/mol. The van der Waals surface area contributed by atoms with Crippen LogP contribution in [-0.4, -0.2) is 7.11 Å². The van der Waals surface area contributed by atoms with Crippen molar-refractivity contribution in [2.75, 3.05) is 7.11 Å². The van der Waals surface area contributed by atoms with Gasteiger partial charge in [0, 0.05) is 0 Å². The van der Waals surface area contributed by atoms with Crippen LogP contribution < -0.4 is 4.74 Å². The Morgan fingerprint density at radius 1 is 0.842 bits per heavy atom. The monoisotopic (exact) mass is 248 g/mol. The van der Waals surface area contributed by atoms with Gasteiger partial charge in [0.1, 0.15) is 5.75 Å². The van der Waals surface area contributed by atoms with Crippen molar-refractivity contribution in [2.24, 2.45) is 0 Å². The van der Waals surface area contributed by atoms with Crippen LogP contribution in [0.15, 0.2) is 66.7 Å². The van der Waals surface area contributed by atoms with E-state index in [9.17, 15) is 0 Å². The lowest BCUT2D eigenvalue weighted by Crippen LogP contribution is -1.91. The number of rotatable bonds is 3. The third kappa shape index (κ3) is 2.45. The molecule has 0 fully saturated rings. The van der Waals surface area contributed by atoms with Crippen molar-refractivity contribution in [3.8, 4) is 5.75 Å². The summed E-state index contributed by atoms with van der Waals surface area (Å²) in [6, 6.07) is 23.3. The molecular formula is C18H16O. The molecule has 0 saturated heterocycles. The van der Waals surface area contributed by atoms with Gasteiger partial charge in [0.05, 0.1) is 7.11 Å². The maximum Gasteiger partial charge on any atom is 0.119 e. The Morgan fingerprint density at radius 3 is 2.53 bits per heavy atom. The molecule has 1 nitrogen and oxygen atoms in total. The van der Waals surface area contributed by atoms with E-state index in [0.717, 1.165) is 12.2 Å². The maximum atomic E-state index is 5.28. The molecule has 0 heterocycles. The molecule has 0 unspecified atom stereocenters. The first-order chi connectivity index (χ1) is 9.36. The molecule has 0 N–H and O–H groups in total. The van der Waals surface area contributed by atoms with Crippen molar-refractivity contribution < 1.29 is 4.74 Å². The average Bonchev–Trinajstić information content (AvgIpc) is 2.48. The molecule has 1 heteroatoms. The Balaban J connectivity index is 2.01. The van der Waals surface area contributed by atoms with Crippen LogP contribution in [0, 0.1) is 0 Å². The minimum atomic E-state index is 0.915. The summed E-state index contributed by atoms with van der Waals surface area (Å²) in [4.78, 5) is 0. The number of ether oxygens (including phenoxy) is 1. The van der Waals surface area contributed by atoms with Crippen molar-refractivity contribution in [1.29, 1.82) is 0 Å². The van der Waals surface area contributed by atoms with E-state index in [-0.39, 0.29) is 0 Å². The fourth-order valence-corrected chi connectivity index (χ4v) is 2.45. The minimum Gasteiger partial charge on any atom is -0.497 e. The highest BCUT2D eigenvalue weighted by Crippen LogP contribution is 2.22. The van der Waals surface area contributed by atoms with E-state index in [1.54, 1.807) is 7.11 Å². The van der Waals surface area contributed by atoms with Gasteiger partial charge >= 0.3 is 0 Å². The molecule has 0 saturated carbocycles. The summed E-state index contributed by atoms with van der Waals surface area (Å²) in [5.41, 5.74) is 2.63. The molecule has 0 atom stereocenters. The number of methoxy groups -OCH3 is 1. The topological polar surface area (TPSA) is 9.23 Å². The smallest absolute Gasteiger partial charge is 0.119 e. The molecular weight excluding hydrogens is 232 g/mol. The third-order valence-electron chi connectivity index (χ3n) is 3.41. The molecule has 3 rings (SSSR count). The highest BCUT2D eigenvalue weighted by atomic mass is 16.5. The summed E-state index contributed by atoms with van der Waals surface area (Å²) in [5, 5.41) is 2.62. The zero-order valence-corrected chi connectivity index (χ0v) is 11.0. The molecule has 0 aromatic heterocycles. The van der Waals surface area contributed by atoms with Crippen LogP contribution in [0.1, 0.15) is 11.1 Å². The van der Waals surface area contributed by atoms with Gasteiger partial charge in [-0.05, 0) is 40.5 Å². The van der Waals surface area contributed by atoms with Crippen molar-refractivity contribution in [2.45, 2.75) is 6.42 Å². The van der Waals surface area contributed by atoms with E-state index in [4.69, 9.17) is 4.74 Å². The third-order valence-corrected chi connectivity index (χ3v) is 3.41. The Labute approximate surface area is 113 Å². The first kappa shape index (κ1) is 11.8. The fraction of sp³-hybridized carbons (Fsp3) is 0.111. The van der Waals surface area contributed by atoms with Crippen LogP contribution in [0.2, 0.25) is 0 Å². The van der Waals surface area contributed by atoms with Gasteiger partial charge in [0.2, 0.25) is 0 Å². The SMILES string of the molecule is COc1cccc(Cc2cccc3ccccc23)c1. The molecule has 0 spiro atoms. The van der Waals surface area contributed by atoms with Crippen LogP contribution in [0.4, 0.5) is 0 Å². The first-order valence-corrected chi connectivity index (χ1v) is 6.46. The van der Waals surface area contributed by atoms with Crippen molar-refractivity contribution in [1.82, 2.24) is 0 Å². The maximum absolute atomic E-state index is 5.28. The normalized spacial score (nSPS) is 10.6. The number of fused-ring (bicyclic) bond motifs is 1. The second-order valence-corrected chi connectivity index (χ2v) is 4.67. The molecule has 94 valence electrons. The largest absolute Gasteiger partial charge is 0.497 e. The molecule has 0 aliphatic carbocycles. The van der Waals surface area contributed by atoms with E-state index in [1.807, 2.05) is 12.1 Å². The standard InChI is InChI=1S/C18H16O/c1-19-17-10-4-6-14(13-17)12-16-9-5-8-15-7-2-3-11-18(15)16/h2-11,13H,12H2,1H3. The minimum absolute atomic E-state index is 0.915. The van der Waals surface area contributed by atoms with Crippen LogP contribution >= 0.6 is 0 Å². The number of benzene rings is 3. The van der Waals surface area contributed by atoms with Crippen molar-refractivity contribution in [3.05, 3.63) is 77.9 Å². The fourth-order valence-electron chi connectivity index (χ4n) is 2.45. The highest BCUT2D eigenvalue weighted by molar-refractivity contribution is 5.85. The second-order valence-electron chi connectivity index (χ2n) is 4.67. The average molecular weight is 248 g/mol. The molecule has 19 heavy (non-hydrogen) atoms. The zero-order chi connectivity index (χ0) is 13.1. The Morgan fingerprint density at radius 2 is 1.63 bits per heavy atom. The van der Waals surface area contributed by atoms with Gasteiger partial charge in [-0.15, -0.1) is 0 Å². The molecule has 0 radical (unpaired) electrons. The number of hydrogen-bond donors (Lipinski definition) is 0. The lowest BCUT2D eigenvalue weighted by molar-refractivity contribution is 0.414. The molecule has 0 amide bonds. The van der Waals surface area contributed by atoms with Crippen LogP contribution in [-0.2, 0) is 6.42 Å². The summed E-state index contributed by atoms with van der Waals surface area (Å²) in [6.07, 6.45) is 0.929. The van der Waals surface area contributed by atoms with Gasteiger partial charge in [-0.1, -0.05) is 54.6 Å². The Kier molecular flexibility index (Phi) is 3.20. The van der Waals surface area contributed by atoms with E-state index < -0.39 is 0 Å². The highest BCUT2D eigenvalue weighted by Gasteiger charge is 2.02. The van der Waals surface area contributed by atoms with Crippen LogP contribution in [0.3, 0.4) is 0 Å². The molecule has 3 aromatic rings. The molecule has 0 aliphatic heterocycles. The van der Waals surface area contributed by atoms with E-state index in [0.29, 0.717) is 0 Å². The lowest BCUT2D eigenvalue weighted by atomic mass is 9.98. The Bertz CT molecular complexity index is 695. The van der Waals surface area contributed by atoms with E-state index in [1.165, 1.54) is 21.9 Å². The summed E-state index contributed by atoms with van der Waals surface area (Å²) >= 11 is 0. The van der Waals surface area contributed by atoms with Gasteiger partial charge < -0.3 is 4.74 Å². The van der Waals surface area contributed by atoms with Gasteiger partial charge in [-0.2, -0.15) is 0 Å². The molecule has 3 aromatic carbocycles. The first-order valence-electron chi connectivity index (χ1n) is 6.46. The zero-order valence-electron chi connectivity index (χ0n) is 11.0. The second kappa shape index (κ2) is 5.15. The quantitative estimate of drug-likeness (QED) is 0.666.